The first kappa shape index (κ1) is 20.0. The van der Waals surface area contributed by atoms with Crippen LogP contribution in [0.3, 0.4) is 0 Å². The monoisotopic (exact) mass is 421 g/mol. The molecular weight excluding hydrogens is 405 g/mol. The molecule has 0 atom stereocenters. The van der Waals surface area contributed by atoms with Crippen LogP contribution in [0.5, 0.6) is 0 Å². The molecule has 7 nitrogen and oxygen atoms in total. The van der Waals surface area contributed by atoms with Crippen LogP contribution < -0.4 is 11.1 Å². The Balaban J connectivity index is 1.59. The number of carbonyl (C=O) groups is 2. The summed E-state index contributed by atoms with van der Waals surface area (Å²) in [4.78, 5) is 37.8. The van der Waals surface area contributed by atoms with Crippen LogP contribution >= 0.6 is 23.2 Å². The van der Waals surface area contributed by atoms with Gasteiger partial charge >= 0.3 is 5.76 Å². The summed E-state index contributed by atoms with van der Waals surface area (Å²) in [7, 11) is 1.52. The Hall–Kier alpha value is -2.77. The Morgan fingerprint density at radius 1 is 1.18 bits per heavy atom. The molecule has 0 saturated heterocycles. The van der Waals surface area contributed by atoms with Gasteiger partial charge in [-0.05, 0) is 24.3 Å². The third kappa shape index (κ3) is 4.55. The van der Waals surface area contributed by atoms with Crippen molar-refractivity contribution >= 4 is 51.8 Å². The highest BCUT2D eigenvalue weighted by Gasteiger charge is 2.16. The van der Waals surface area contributed by atoms with Crippen molar-refractivity contribution in [3.8, 4) is 0 Å². The highest BCUT2D eigenvalue weighted by molar-refractivity contribution is 6.33. The zero-order valence-electron chi connectivity index (χ0n) is 14.9. The van der Waals surface area contributed by atoms with Gasteiger partial charge in [-0.1, -0.05) is 35.3 Å². The molecule has 3 rings (SSSR count). The molecule has 0 aliphatic carbocycles. The van der Waals surface area contributed by atoms with E-state index in [1.54, 1.807) is 42.5 Å². The summed E-state index contributed by atoms with van der Waals surface area (Å²) in [5.41, 5.74) is 1.39. The normalized spacial score (nSPS) is 10.8. The first-order chi connectivity index (χ1) is 13.3. The second-order valence-corrected chi connectivity index (χ2v) is 7.00. The molecule has 9 heteroatoms. The van der Waals surface area contributed by atoms with Crippen LogP contribution in [0.2, 0.25) is 10.0 Å². The number of para-hydroxylation sites is 1. The number of nitrogens with zero attached hydrogens (tertiary/aromatic N) is 2. The van der Waals surface area contributed by atoms with Crippen LogP contribution in [0, 0.1) is 0 Å². The standard InChI is InChI=1S/C19H17Cl2N3O4/c1-23(11-17(25)22-14-5-3-2-4-13(14)21)18(26)8-9-24-15-7-6-12(20)10-16(15)28-19(24)27/h2-7,10H,8-9,11H2,1H3,(H,22,25). The zero-order valence-corrected chi connectivity index (χ0v) is 16.5. The largest absolute Gasteiger partial charge is 0.419 e. The molecule has 1 heterocycles. The lowest BCUT2D eigenvalue weighted by atomic mass is 10.3. The molecule has 28 heavy (non-hydrogen) atoms. The number of nitrogens with one attached hydrogen (secondary N) is 1. The van der Waals surface area contributed by atoms with Crippen molar-refractivity contribution in [3.05, 3.63) is 63.1 Å². The van der Waals surface area contributed by atoms with Crippen molar-refractivity contribution in [1.29, 1.82) is 0 Å². The van der Waals surface area contributed by atoms with Crippen molar-refractivity contribution in [2.45, 2.75) is 13.0 Å². The van der Waals surface area contributed by atoms with Gasteiger partial charge in [0.05, 0.1) is 22.8 Å². The van der Waals surface area contributed by atoms with Gasteiger partial charge in [0.1, 0.15) is 0 Å². The fraction of sp³-hybridized carbons (Fsp3) is 0.211. The Morgan fingerprint density at radius 3 is 2.68 bits per heavy atom. The lowest BCUT2D eigenvalue weighted by molar-refractivity contribution is -0.133. The molecule has 2 amide bonds. The zero-order chi connectivity index (χ0) is 20.3. The van der Waals surface area contributed by atoms with Crippen LogP contribution in [-0.2, 0) is 16.1 Å². The van der Waals surface area contributed by atoms with E-state index in [2.05, 4.69) is 5.32 Å². The molecule has 0 unspecified atom stereocenters. The van der Waals surface area contributed by atoms with Gasteiger partial charge < -0.3 is 14.6 Å². The van der Waals surface area contributed by atoms with Crippen LogP contribution in [0.4, 0.5) is 5.69 Å². The average molecular weight is 422 g/mol. The smallest absolute Gasteiger partial charge is 0.408 e. The average Bonchev–Trinajstić information content (AvgIpc) is 2.95. The maximum atomic E-state index is 12.3. The number of amides is 2. The number of oxazole rings is 1. The molecule has 3 aromatic rings. The molecule has 146 valence electrons. The summed E-state index contributed by atoms with van der Waals surface area (Å²) < 4.78 is 6.50. The number of hydrogen-bond acceptors (Lipinski definition) is 4. The lowest BCUT2D eigenvalue weighted by Gasteiger charge is -2.17. The van der Waals surface area contributed by atoms with E-state index in [9.17, 15) is 14.4 Å². The van der Waals surface area contributed by atoms with Gasteiger partial charge in [0, 0.05) is 31.1 Å². The van der Waals surface area contributed by atoms with Gasteiger partial charge in [-0.3, -0.25) is 14.2 Å². The number of anilines is 1. The van der Waals surface area contributed by atoms with Crippen LogP contribution in [-0.4, -0.2) is 34.9 Å². The van der Waals surface area contributed by atoms with Gasteiger partial charge in [-0.25, -0.2) is 4.79 Å². The second kappa shape index (κ2) is 8.50. The van der Waals surface area contributed by atoms with Crippen molar-refractivity contribution in [1.82, 2.24) is 9.47 Å². The number of aryl methyl sites for hydroxylation is 1. The summed E-state index contributed by atoms with van der Waals surface area (Å²) in [6.45, 7) is -0.0104. The van der Waals surface area contributed by atoms with E-state index in [-0.39, 0.29) is 31.3 Å². The van der Waals surface area contributed by atoms with Crippen LogP contribution in [0.15, 0.2) is 51.7 Å². The van der Waals surface area contributed by atoms with Crippen molar-refractivity contribution in [2.24, 2.45) is 0 Å². The predicted octanol–water partition coefficient (Wildman–Crippen LogP) is 3.39. The van der Waals surface area contributed by atoms with Crippen LogP contribution in [0.1, 0.15) is 6.42 Å². The topological polar surface area (TPSA) is 84.5 Å². The van der Waals surface area contributed by atoms with Crippen molar-refractivity contribution in [2.75, 3.05) is 18.9 Å². The number of fused-ring (bicyclic) bond motifs is 1. The molecular formula is C19H17Cl2N3O4. The Bertz CT molecular complexity index is 1090. The number of hydrogen-bond donors (Lipinski definition) is 1. The first-order valence-electron chi connectivity index (χ1n) is 8.42. The van der Waals surface area contributed by atoms with Gasteiger partial charge in [-0.15, -0.1) is 0 Å². The van der Waals surface area contributed by atoms with E-state index in [4.69, 9.17) is 27.6 Å². The highest BCUT2D eigenvalue weighted by Crippen LogP contribution is 2.20. The van der Waals surface area contributed by atoms with E-state index in [0.717, 1.165) is 0 Å². The first-order valence-corrected chi connectivity index (χ1v) is 9.18. The quantitative estimate of drug-likeness (QED) is 0.660. The maximum Gasteiger partial charge on any atom is 0.419 e. The summed E-state index contributed by atoms with van der Waals surface area (Å²) >= 11 is 11.9. The van der Waals surface area contributed by atoms with E-state index >= 15 is 0 Å². The van der Waals surface area contributed by atoms with Crippen molar-refractivity contribution in [3.63, 3.8) is 0 Å². The molecule has 0 aliphatic rings. The van der Waals surface area contributed by atoms with Gasteiger partial charge in [0.2, 0.25) is 11.8 Å². The maximum absolute atomic E-state index is 12.3. The molecule has 1 aromatic heterocycles. The van der Waals surface area contributed by atoms with E-state index in [0.29, 0.717) is 26.8 Å². The second-order valence-electron chi connectivity index (χ2n) is 6.16. The van der Waals surface area contributed by atoms with Crippen LogP contribution in [0.25, 0.3) is 11.1 Å². The SMILES string of the molecule is CN(CC(=O)Nc1ccccc1Cl)C(=O)CCn1c(=O)oc2cc(Cl)ccc21. The fourth-order valence-corrected chi connectivity index (χ4v) is 3.05. The van der Waals surface area contributed by atoms with Gasteiger partial charge in [0.15, 0.2) is 5.58 Å². The summed E-state index contributed by atoms with van der Waals surface area (Å²) in [5.74, 6) is -1.22. The number of rotatable bonds is 6. The molecule has 1 N–H and O–H groups in total. The number of carbonyl (C=O) groups excluding carboxylic acids is 2. The van der Waals surface area contributed by atoms with Gasteiger partial charge in [-0.2, -0.15) is 0 Å². The molecule has 0 radical (unpaired) electrons. The Kier molecular flexibility index (Phi) is 6.06. The molecule has 0 spiro atoms. The minimum Gasteiger partial charge on any atom is -0.408 e. The fourth-order valence-electron chi connectivity index (χ4n) is 2.71. The van der Waals surface area contributed by atoms with Gasteiger partial charge in [0.25, 0.3) is 0 Å². The van der Waals surface area contributed by atoms with E-state index in [1.807, 2.05) is 0 Å². The number of benzene rings is 2. The molecule has 0 fully saturated rings. The molecule has 2 aromatic carbocycles. The lowest BCUT2D eigenvalue weighted by Crippen LogP contribution is -2.35. The summed E-state index contributed by atoms with van der Waals surface area (Å²) in [5, 5.41) is 3.52. The number of halogens is 2. The minimum absolute atomic E-state index is 0.0348. The third-order valence-electron chi connectivity index (χ3n) is 4.13. The number of aromatic nitrogens is 1. The third-order valence-corrected chi connectivity index (χ3v) is 4.70. The highest BCUT2D eigenvalue weighted by atomic mass is 35.5. The summed E-state index contributed by atoms with van der Waals surface area (Å²) in [6.07, 6.45) is 0.0348. The molecule has 0 saturated carbocycles. The van der Waals surface area contributed by atoms with E-state index in [1.165, 1.54) is 16.5 Å². The predicted molar refractivity (Wildman–Crippen MR) is 108 cm³/mol. The Labute approximate surface area is 170 Å². The summed E-state index contributed by atoms with van der Waals surface area (Å²) in [6, 6.07) is 11.7. The Morgan fingerprint density at radius 2 is 1.93 bits per heavy atom. The molecule has 0 aliphatic heterocycles. The van der Waals surface area contributed by atoms with E-state index < -0.39 is 5.76 Å². The number of likely N-dealkylation sites (N-methyl/N-ethyl adjacent to an activating group) is 1. The molecule has 0 bridgehead atoms. The minimum atomic E-state index is -0.566. The van der Waals surface area contributed by atoms with Crippen molar-refractivity contribution < 1.29 is 14.0 Å².